The van der Waals surface area contributed by atoms with Gasteiger partial charge in [-0.05, 0) is 30.2 Å². The zero-order valence-electron chi connectivity index (χ0n) is 21.6. The molecule has 3 aliphatic rings. The number of halogens is 1. The van der Waals surface area contributed by atoms with Gasteiger partial charge in [-0.2, -0.15) is 0 Å². The average Bonchev–Trinajstić information content (AvgIpc) is 2.91. The fraction of sp³-hybridized carbons (Fsp3) is 0.481. The summed E-state index contributed by atoms with van der Waals surface area (Å²) in [5, 5.41) is 24.5. The van der Waals surface area contributed by atoms with E-state index in [-0.39, 0.29) is 24.6 Å². The molecule has 0 saturated carbocycles. The van der Waals surface area contributed by atoms with Crippen LogP contribution in [-0.4, -0.2) is 87.5 Å². The van der Waals surface area contributed by atoms with Crippen LogP contribution in [0.5, 0.6) is 0 Å². The molecule has 3 N–H and O–H groups in total. The number of likely N-dealkylation sites (tertiary alicyclic amines) is 1. The molecule has 3 aromatic rings. The number of rotatable bonds is 7. The molecule has 6 rings (SSSR count). The van der Waals surface area contributed by atoms with Gasteiger partial charge in [0.15, 0.2) is 0 Å². The van der Waals surface area contributed by atoms with Crippen molar-refractivity contribution < 1.29 is 19.0 Å². The summed E-state index contributed by atoms with van der Waals surface area (Å²) in [7, 11) is 0. The summed E-state index contributed by atoms with van der Waals surface area (Å²) in [6, 6.07) is 10.3. The molecule has 0 aliphatic carbocycles. The third-order valence-electron chi connectivity index (χ3n) is 7.86. The zero-order chi connectivity index (χ0) is 26.9. The SMILES string of the molecule is O=C1CCC(n2nnc3cccc(NCc4ccc(CN5CC(N6CCOCC6)C5)c(F)c4)c3c2=O)C(O)N1. The highest BCUT2D eigenvalue weighted by Gasteiger charge is 2.33. The Bertz CT molecular complexity index is 1420. The standard InChI is InChI=1S/C27H32FN7O4/c28-20-12-17(4-5-18(20)14-33-15-19(16-33)34-8-10-39-11-9-34)13-29-21-2-1-3-22-25(21)27(38)35(32-31-22)23-6-7-24(36)30-26(23)37/h1-5,12,19,23,26,29,37H,6-11,13-16H2,(H,30,36). The second-order valence-electron chi connectivity index (χ2n) is 10.4. The van der Waals surface area contributed by atoms with Crippen molar-refractivity contribution in [1.29, 1.82) is 0 Å². The Kier molecular flexibility index (Phi) is 7.26. The maximum Gasteiger partial charge on any atom is 0.280 e. The number of aliphatic hydroxyl groups excluding tert-OH is 1. The Morgan fingerprint density at radius 3 is 2.74 bits per heavy atom. The maximum absolute atomic E-state index is 15.0. The van der Waals surface area contributed by atoms with Crippen molar-refractivity contribution in [3.63, 3.8) is 0 Å². The smallest absolute Gasteiger partial charge is 0.280 e. The van der Waals surface area contributed by atoms with Gasteiger partial charge in [-0.25, -0.2) is 9.07 Å². The van der Waals surface area contributed by atoms with Crippen LogP contribution < -0.4 is 16.2 Å². The lowest BCUT2D eigenvalue weighted by atomic mass is 10.0. The molecule has 2 unspecified atom stereocenters. The highest BCUT2D eigenvalue weighted by molar-refractivity contribution is 5.90. The van der Waals surface area contributed by atoms with Crippen molar-refractivity contribution in [2.45, 2.75) is 44.2 Å². The molecule has 3 fully saturated rings. The zero-order valence-corrected chi connectivity index (χ0v) is 21.6. The molecular weight excluding hydrogens is 505 g/mol. The number of anilines is 1. The normalized spacial score (nSPS) is 23.0. The van der Waals surface area contributed by atoms with E-state index in [1.807, 2.05) is 12.1 Å². The number of hydrogen-bond acceptors (Lipinski definition) is 9. The van der Waals surface area contributed by atoms with Gasteiger partial charge < -0.3 is 20.5 Å². The summed E-state index contributed by atoms with van der Waals surface area (Å²) >= 11 is 0. The Balaban J connectivity index is 1.12. The number of morpholine rings is 1. The molecule has 1 amide bonds. The minimum atomic E-state index is -1.22. The summed E-state index contributed by atoms with van der Waals surface area (Å²) in [5.74, 6) is -0.521. The van der Waals surface area contributed by atoms with Crippen LogP contribution in [0.15, 0.2) is 41.2 Å². The summed E-state index contributed by atoms with van der Waals surface area (Å²) in [6.07, 6.45) is -0.764. The fourth-order valence-electron chi connectivity index (χ4n) is 5.60. The Labute approximate surface area is 224 Å². The number of aromatic nitrogens is 3. The lowest BCUT2D eigenvalue weighted by Crippen LogP contribution is -2.60. The van der Waals surface area contributed by atoms with Gasteiger partial charge in [0.25, 0.3) is 5.56 Å². The number of ether oxygens (including phenoxy) is 1. The third kappa shape index (κ3) is 5.37. The van der Waals surface area contributed by atoms with E-state index in [1.54, 1.807) is 18.2 Å². The molecule has 3 saturated heterocycles. The lowest BCUT2D eigenvalue weighted by Gasteiger charge is -2.46. The molecule has 12 heteroatoms. The van der Waals surface area contributed by atoms with Crippen molar-refractivity contribution in [3.05, 3.63) is 63.7 Å². The van der Waals surface area contributed by atoms with Crippen LogP contribution in [0.3, 0.4) is 0 Å². The first-order valence-corrected chi connectivity index (χ1v) is 13.4. The molecule has 2 aromatic carbocycles. The molecule has 0 radical (unpaired) electrons. The number of fused-ring (bicyclic) bond motifs is 1. The van der Waals surface area contributed by atoms with Gasteiger partial charge in [0.1, 0.15) is 23.6 Å². The fourth-order valence-corrected chi connectivity index (χ4v) is 5.60. The maximum atomic E-state index is 15.0. The lowest BCUT2D eigenvalue weighted by molar-refractivity contribution is -0.128. The molecule has 1 aromatic heterocycles. The molecule has 2 atom stereocenters. The number of piperidine rings is 1. The predicted molar refractivity (Wildman–Crippen MR) is 141 cm³/mol. The van der Waals surface area contributed by atoms with E-state index < -0.39 is 17.8 Å². The van der Waals surface area contributed by atoms with E-state index in [4.69, 9.17) is 4.74 Å². The van der Waals surface area contributed by atoms with E-state index >= 15 is 0 Å². The van der Waals surface area contributed by atoms with Gasteiger partial charge in [0, 0.05) is 63.0 Å². The number of carbonyl (C=O) groups is 1. The number of hydrogen-bond donors (Lipinski definition) is 3. The average molecular weight is 538 g/mol. The first-order valence-electron chi connectivity index (χ1n) is 13.4. The molecule has 39 heavy (non-hydrogen) atoms. The number of benzene rings is 2. The van der Waals surface area contributed by atoms with Crippen molar-refractivity contribution in [2.75, 3.05) is 44.7 Å². The van der Waals surface area contributed by atoms with Crippen LogP contribution >= 0.6 is 0 Å². The molecule has 0 bridgehead atoms. The largest absolute Gasteiger partial charge is 0.380 e. The number of amides is 1. The number of nitrogens with one attached hydrogen (secondary N) is 2. The highest BCUT2D eigenvalue weighted by Crippen LogP contribution is 2.24. The van der Waals surface area contributed by atoms with Crippen LogP contribution in [0, 0.1) is 5.82 Å². The summed E-state index contributed by atoms with van der Waals surface area (Å²) < 4.78 is 21.5. The van der Waals surface area contributed by atoms with Crippen LogP contribution in [0.1, 0.15) is 30.0 Å². The number of carbonyl (C=O) groups excluding carboxylic acids is 1. The van der Waals surface area contributed by atoms with E-state index in [2.05, 4.69) is 30.7 Å². The highest BCUT2D eigenvalue weighted by atomic mass is 19.1. The van der Waals surface area contributed by atoms with Gasteiger partial charge in [-0.3, -0.25) is 19.4 Å². The minimum Gasteiger partial charge on any atom is -0.380 e. The van der Waals surface area contributed by atoms with Crippen molar-refractivity contribution in [3.8, 4) is 0 Å². The Morgan fingerprint density at radius 1 is 1.15 bits per heavy atom. The van der Waals surface area contributed by atoms with Gasteiger partial charge in [-0.1, -0.05) is 23.4 Å². The van der Waals surface area contributed by atoms with Gasteiger partial charge in [-0.15, -0.1) is 5.10 Å². The Morgan fingerprint density at radius 2 is 1.97 bits per heavy atom. The molecule has 0 spiro atoms. The first kappa shape index (κ1) is 25.8. The molecule has 4 heterocycles. The van der Waals surface area contributed by atoms with E-state index in [0.29, 0.717) is 41.3 Å². The van der Waals surface area contributed by atoms with E-state index in [9.17, 15) is 19.1 Å². The molecule has 11 nitrogen and oxygen atoms in total. The van der Waals surface area contributed by atoms with Crippen LogP contribution in [0.4, 0.5) is 10.1 Å². The molecule has 3 aliphatic heterocycles. The van der Waals surface area contributed by atoms with Gasteiger partial charge in [0.05, 0.1) is 18.6 Å². The monoisotopic (exact) mass is 537 g/mol. The molecule has 206 valence electrons. The summed E-state index contributed by atoms with van der Waals surface area (Å²) in [5.41, 5.74) is 1.93. The Hall–Kier alpha value is -3.45. The van der Waals surface area contributed by atoms with E-state index in [1.165, 1.54) is 6.07 Å². The van der Waals surface area contributed by atoms with Gasteiger partial charge in [0.2, 0.25) is 5.91 Å². The van der Waals surface area contributed by atoms with Crippen molar-refractivity contribution >= 4 is 22.5 Å². The number of nitrogens with zero attached hydrogens (tertiary/aromatic N) is 5. The van der Waals surface area contributed by atoms with Gasteiger partial charge >= 0.3 is 0 Å². The van der Waals surface area contributed by atoms with Crippen LogP contribution in [0.25, 0.3) is 10.9 Å². The van der Waals surface area contributed by atoms with Crippen molar-refractivity contribution in [2.24, 2.45) is 0 Å². The minimum absolute atomic E-state index is 0.182. The quantitative estimate of drug-likeness (QED) is 0.402. The topological polar surface area (TPSA) is 125 Å². The summed E-state index contributed by atoms with van der Waals surface area (Å²) in [6.45, 7) is 6.26. The second kappa shape index (κ2) is 11.0. The predicted octanol–water partition coefficient (Wildman–Crippen LogP) is 0.829. The number of aliphatic hydroxyl groups is 1. The second-order valence-corrected chi connectivity index (χ2v) is 10.4. The van der Waals surface area contributed by atoms with Crippen molar-refractivity contribution in [1.82, 2.24) is 30.1 Å². The molecular formula is C27H32FN7O4. The van der Waals surface area contributed by atoms with Crippen LogP contribution in [0.2, 0.25) is 0 Å². The third-order valence-corrected chi connectivity index (χ3v) is 7.86. The van der Waals surface area contributed by atoms with Crippen LogP contribution in [-0.2, 0) is 22.6 Å². The van der Waals surface area contributed by atoms with E-state index in [0.717, 1.165) is 49.6 Å². The summed E-state index contributed by atoms with van der Waals surface area (Å²) in [4.78, 5) is 29.6. The first-order chi connectivity index (χ1) is 19.0.